The zero-order valence-electron chi connectivity index (χ0n) is 10.5. The Kier molecular flexibility index (Phi) is 4.21. The topological polar surface area (TPSA) is 49.8 Å². The second-order valence-corrected chi connectivity index (χ2v) is 5.31. The molecule has 0 radical (unpaired) electrons. The molecule has 0 spiro atoms. The van der Waals surface area contributed by atoms with E-state index in [-0.39, 0.29) is 0 Å². The molecule has 2 atom stereocenters. The van der Waals surface area contributed by atoms with Crippen LogP contribution in [0.15, 0.2) is 11.6 Å². The molecule has 1 heterocycles. The molecule has 1 N–H and O–H groups in total. The second kappa shape index (κ2) is 5.67. The molecule has 3 nitrogen and oxygen atoms in total. The Balaban J connectivity index is 1.66. The molecule has 17 heavy (non-hydrogen) atoms. The highest BCUT2D eigenvalue weighted by Gasteiger charge is 2.43. The van der Waals surface area contributed by atoms with Gasteiger partial charge in [-0.05, 0) is 38.5 Å². The predicted molar refractivity (Wildman–Crippen MR) is 65.9 cm³/mol. The number of epoxide rings is 1. The number of aliphatic carboxylic acids is 1. The smallest absolute Gasteiger partial charge is 0.330 e. The maximum absolute atomic E-state index is 10.6. The first-order valence-corrected chi connectivity index (χ1v) is 6.74. The number of hydrogen-bond donors (Lipinski definition) is 1. The third kappa shape index (κ3) is 3.56. The van der Waals surface area contributed by atoms with Gasteiger partial charge in [-0.2, -0.15) is 0 Å². The average molecular weight is 238 g/mol. The molecule has 1 aliphatic carbocycles. The molecule has 1 aliphatic heterocycles. The van der Waals surface area contributed by atoms with E-state index in [2.05, 4.69) is 0 Å². The Bertz CT molecular complexity index is 303. The van der Waals surface area contributed by atoms with Crippen LogP contribution in [-0.4, -0.2) is 23.3 Å². The lowest BCUT2D eigenvalue weighted by Crippen LogP contribution is -2.14. The zero-order valence-corrected chi connectivity index (χ0v) is 10.5. The Morgan fingerprint density at radius 3 is 2.71 bits per heavy atom. The molecule has 2 unspecified atom stereocenters. The van der Waals surface area contributed by atoms with Crippen LogP contribution in [0.1, 0.15) is 51.9 Å². The lowest BCUT2D eigenvalue weighted by molar-refractivity contribution is -0.132. The molecule has 0 aromatic carbocycles. The van der Waals surface area contributed by atoms with Crippen LogP contribution in [0.4, 0.5) is 0 Å². The van der Waals surface area contributed by atoms with E-state index >= 15 is 0 Å². The average Bonchev–Trinajstić information content (AvgIpc) is 3.09. The molecule has 0 aromatic rings. The third-order valence-corrected chi connectivity index (χ3v) is 3.98. The van der Waals surface area contributed by atoms with E-state index in [4.69, 9.17) is 9.84 Å². The van der Waals surface area contributed by atoms with Gasteiger partial charge in [-0.25, -0.2) is 4.79 Å². The highest BCUT2D eigenvalue weighted by molar-refractivity contribution is 5.85. The van der Waals surface area contributed by atoms with E-state index < -0.39 is 5.97 Å². The van der Waals surface area contributed by atoms with Gasteiger partial charge in [0.25, 0.3) is 0 Å². The summed E-state index contributed by atoms with van der Waals surface area (Å²) in [6.07, 6.45) is 11.2. The Morgan fingerprint density at radius 2 is 2.06 bits per heavy atom. The molecular formula is C14H22O3. The first-order chi connectivity index (χ1) is 8.18. The summed E-state index contributed by atoms with van der Waals surface area (Å²) in [5.74, 6) is -0.0381. The number of carbonyl (C=O) groups is 1. The number of rotatable bonds is 5. The van der Waals surface area contributed by atoms with Crippen LogP contribution in [0.5, 0.6) is 0 Å². The van der Waals surface area contributed by atoms with Crippen molar-refractivity contribution in [1.29, 1.82) is 0 Å². The van der Waals surface area contributed by atoms with Gasteiger partial charge in [-0.15, -0.1) is 0 Å². The van der Waals surface area contributed by atoms with Crippen LogP contribution in [-0.2, 0) is 9.53 Å². The van der Waals surface area contributed by atoms with Gasteiger partial charge >= 0.3 is 5.97 Å². The van der Waals surface area contributed by atoms with Crippen molar-refractivity contribution in [3.63, 3.8) is 0 Å². The van der Waals surface area contributed by atoms with Gasteiger partial charge in [0, 0.05) is 5.57 Å². The standard InChI is InChI=1S/C14H22O3/c1-10(14(15)16)6-5-9-12-13(17-12)11-7-3-2-4-8-11/h6,11-13H,2-5,7-9H2,1H3,(H,15,16). The minimum absolute atomic E-state index is 0.399. The number of hydrogen-bond acceptors (Lipinski definition) is 2. The van der Waals surface area contributed by atoms with Gasteiger partial charge < -0.3 is 9.84 Å². The maximum atomic E-state index is 10.6. The molecule has 0 amide bonds. The van der Waals surface area contributed by atoms with Crippen molar-refractivity contribution >= 4 is 5.97 Å². The van der Waals surface area contributed by atoms with Crippen LogP contribution >= 0.6 is 0 Å². The summed E-state index contributed by atoms with van der Waals surface area (Å²) in [5.41, 5.74) is 0.444. The summed E-state index contributed by atoms with van der Waals surface area (Å²) in [4.78, 5) is 10.6. The van der Waals surface area contributed by atoms with Crippen LogP contribution in [0, 0.1) is 5.92 Å². The van der Waals surface area contributed by atoms with Crippen molar-refractivity contribution in [3.8, 4) is 0 Å². The minimum Gasteiger partial charge on any atom is -0.478 e. The van der Waals surface area contributed by atoms with Crippen molar-refractivity contribution in [2.24, 2.45) is 5.92 Å². The second-order valence-electron chi connectivity index (χ2n) is 5.31. The molecule has 2 rings (SSSR count). The first kappa shape index (κ1) is 12.6. The number of carboxylic acid groups (broad SMARTS) is 1. The lowest BCUT2D eigenvalue weighted by atomic mass is 9.85. The van der Waals surface area contributed by atoms with Crippen molar-refractivity contribution in [2.45, 2.75) is 64.1 Å². The summed E-state index contributed by atoms with van der Waals surface area (Å²) < 4.78 is 5.72. The molecule has 1 saturated carbocycles. The Morgan fingerprint density at radius 1 is 1.35 bits per heavy atom. The fraction of sp³-hybridized carbons (Fsp3) is 0.786. The molecule has 96 valence electrons. The molecule has 0 bridgehead atoms. The zero-order chi connectivity index (χ0) is 12.3. The number of allylic oxidation sites excluding steroid dienone is 1. The van der Waals surface area contributed by atoms with E-state index in [0.717, 1.165) is 18.8 Å². The summed E-state index contributed by atoms with van der Waals surface area (Å²) in [6.45, 7) is 1.65. The van der Waals surface area contributed by atoms with Crippen LogP contribution in [0.2, 0.25) is 0 Å². The molecule has 1 saturated heterocycles. The SMILES string of the molecule is CC(=CCCC1OC1C1CCCCC1)C(=O)O. The van der Waals surface area contributed by atoms with Gasteiger partial charge in [-0.1, -0.05) is 25.3 Å². The molecular weight excluding hydrogens is 216 g/mol. The summed E-state index contributed by atoms with van der Waals surface area (Å²) >= 11 is 0. The largest absolute Gasteiger partial charge is 0.478 e. The lowest BCUT2D eigenvalue weighted by Gasteiger charge is -2.19. The van der Waals surface area contributed by atoms with Crippen molar-refractivity contribution in [1.82, 2.24) is 0 Å². The monoisotopic (exact) mass is 238 g/mol. The molecule has 2 aliphatic rings. The molecule has 2 fully saturated rings. The predicted octanol–water partition coefficient (Wildman–Crippen LogP) is 3.15. The number of carboxylic acids is 1. The normalized spacial score (nSPS) is 30.3. The van der Waals surface area contributed by atoms with Gasteiger partial charge in [0.1, 0.15) is 0 Å². The van der Waals surface area contributed by atoms with Crippen molar-refractivity contribution in [2.75, 3.05) is 0 Å². The summed E-state index contributed by atoms with van der Waals surface area (Å²) in [6, 6.07) is 0. The molecule has 3 heteroatoms. The minimum atomic E-state index is -0.814. The first-order valence-electron chi connectivity index (χ1n) is 6.74. The van der Waals surface area contributed by atoms with Gasteiger partial charge in [0.15, 0.2) is 0 Å². The molecule has 0 aromatic heterocycles. The fourth-order valence-electron chi connectivity index (χ4n) is 2.82. The third-order valence-electron chi connectivity index (χ3n) is 3.98. The number of ether oxygens (including phenoxy) is 1. The highest BCUT2D eigenvalue weighted by atomic mass is 16.6. The Labute approximate surface area is 103 Å². The maximum Gasteiger partial charge on any atom is 0.330 e. The van der Waals surface area contributed by atoms with E-state index in [1.807, 2.05) is 6.08 Å². The van der Waals surface area contributed by atoms with Crippen LogP contribution in [0.3, 0.4) is 0 Å². The van der Waals surface area contributed by atoms with Gasteiger partial charge in [0.2, 0.25) is 0 Å². The fourth-order valence-corrected chi connectivity index (χ4v) is 2.82. The van der Waals surface area contributed by atoms with Crippen molar-refractivity contribution in [3.05, 3.63) is 11.6 Å². The summed E-state index contributed by atoms with van der Waals surface area (Å²) in [7, 11) is 0. The van der Waals surface area contributed by atoms with Crippen LogP contribution in [0.25, 0.3) is 0 Å². The van der Waals surface area contributed by atoms with E-state index in [1.165, 1.54) is 32.1 Å². The quantitative estimate of drug-likeness (QED) is 0.591. The van der Waals surface area contributed by atoms with E-state index in [1.54, 1.807) is 6.92 Å². The highest BCUT2D eigenvalue weighted by Crippen LogP contribution is 2.40. The van der Waals surface area contributed by atoms with Gasteiger partial charge in [0.05, 0.1) is 12.2 Å². The van der Waals surface area contributed by atoms with E-state index in [9.17, 15) is 4.79 Å². The van der Waals surface area contributed by atoms with Gasteiger partial charge in [-0.3, -0.25) is 0 Å². The Hall–Kier alpha value is -0.830. The summed E-state index contributed by atoms with van der Waals surface area (Å²) in [5, 5.41) is 8.72. The van der Waals surface area contributed by atoms with Crippen molar-refractivity contribution < 1.29 is 14.6 Å². The van der Waals surface area contributed by atoms with E-state index in [0.29, 0.717) is 17.8 Å². The van der Waals surface area contributed by atoms with Crippen LogP contribution < -0.4 is 0 Å².